The Bertz CT molecular complexity index is 381. The van der Waals surface area contributed by atoms with Crippen molar-refractivity contribution in [3.8, 4) is 0 Å². The van der Waals surface area contributed by atoms with E-state index in [1.807, 2.05) is 20.8 Å². The van der Waals surface area contributed by atoms with Gasteiger partial charge in [0.1, 0.15) is 5.60 Å². The van der Waals surface area contributed by atoms with Crippen LogP contribution in [-0.2, 0) is 18.3 Å². The second-order valence-corrected chi connectivity index (χ2v) is 8.41. The monoisotopic (exact) mass is 322 g/mol. The lowest BCUT2D eigenvalue weighted by Gasteiger charge is -2.35. The Morgan fingerprint density at radius 1 is 1.10 bits per heavy atom. The van der Waals surface area contributed by atoms with Gasteiger partial charge in [0.15, 0.2) is 0 Å². The molecule has 0 radical (unpaired) electrons. The highest BCUT2D eigenvalue weighted by Gasteiger charge is 2.27. The Hall–Kier alpha value is -0.620. The van der Waals surface area contributed by atoms with Crippen molar-refractivity contribution in [1.82, 2.24) is 9.80 Å². The molecule has 7 nitrogen and oxygen atoms in total. The first-order valence-electron chi connectivity index (χ1n) is 7.10. The van der Waals surface area contributed by atoms with E-state index in [4.69, 9.17) is 13.8 Å². The van der Waals surface area contributed by atoms with E-state index in [2.05, 4.69) is 4.90 Å². The van der Waals surface area contributed by atoms with Crippen LogP contribution in [0.4, 0.5) is 4.79 Å². The number of carbonyl (C=O) groups excluding carboxylic acids is 1. The van der Waals surface area contributed by atoms with Crippen molar-refractivity contribution in [2.24, 2.45) is 0 Å². The third-order valence-electron chi connectivity index (χ3n) is 3.27. The van der Waals surface area contributed by atoms with Crippen molar-refractivity contribution in [3.05, 3.63) is 0 Å². The van der Waals surface area contributed by atoms with Gasteiger partial charge in [0.2, 0.25) is 0 Å². The van der Waals surface area contributed by atoms with Gasteiger partial charge in [-0.2, -0.15) is 0 Å². The second-order valence-electron chi connectivity index (χ2n) is 6.01. The maximum absolute atomic E-state index is 12.0. The SMILES string of the molecule is COP(=O)(CCN1CCN(C(=O)OC(C)(C)C)CC1)OC. The lowest BCUT2D eigenvalue weighted by atomic mass is 10.2. The summed E-state index contributed by atoms with van der Waals surface area (Å²) in [5, 5.41) is 0. The molecule has 0 bridgehead atoms. The number of carbonyl (C=O) groups is 1. The summed E-state index contributed by atoms with van der Waals surface area (Å²) in [6.07, 6.45) is 0.0773. The normalized spacial score (nSPS) is 17.9. The number of piperazine rings is 1. The van der Waals surface area contributed by atoms with Gasteiger partial charge in [0.25, 0.3) is 0 Å². The predicted molar refractivity (Wildman–Crippen MR) is 80.7 cm³/mol. The highest BCUT2D eigenvalue weighted by atomic mass is 31.2. The predicted octanol–water partition coefficient (Wildman–Crippen LogP) is 2.02. The molecule has 0 atom stereocenters. The summed E-state index contributed by atoms with van der Waals surface area (Å²) < 4.78 is 27.1. The number of nitrogens with zero attached hydrogens (tertiary/aromatic N) is 2. The molecule has 0 unspecified atom stereocenters. The smallest absolute Gasteiger partial charge is 0.410 e. The molecular weight excluding hydrogens is 295 g/mol. The average Bonchev–Trinajstić information content (AvgIpc) is 2.43. The summed E-state index contributed by atoms with van der Waals surface area (Å²) >= 11 is 0. The lowest BCUT2D eigenvalue weighted by Crippen LogP contribution is -2.50. The van der Waals surface area contributed by atoms with Crippen molar-refractivity contribution >= 4 is 13.7 Å². The highest BCUT2D eigenvalue weighted by Crippen LogP contribution is 2.45. The summed E-state index contributed by atoms with van der Waals surface area (Å²) in [5.41, 5.74) is -0.474. The minimum absolute atomic E-state index is 0.276. The number of rotatable bonds is 5. The minimum Gasteiger partial charge on any atom is -0.444 e. The van der Waals surface area contributed by atoms with Crippen LogP contribution in [0.5, 0.6) is 0 Å². The van der Waals surface area contributed by atoms with E-state index >= 15 is 0 Å². The first-order chi connectivity index (χ1) is 9.69. The number of ether oxygens (including phenoxy) is 1. The first kappa shape index (κ1) is 18.4. The van der Waals surface area contributed by atoms with E-state index in [0.717, 1.165) is 13.1 Å². The van der Waals surface area contributed by atoms with Crippen LogP contribution in [-0.4, -0.2) is 74.6 Å². The maximum atomic E-state index is 12.0. The molecule has 8 heteroatoms. The fourth-order valence-electron chi connectivity index (χ4n) is 2.00. The van der Waals surface area contributed by atoms with Crippen molar-refractivity contribution < 1.29 is 23.1 Å². The summed E-state index contributed by atoms with van der Waals surface area (Å²) in [5.74, 6) is 0. The summed E-state index contributed by atoms with van der Waals surface area (Å²) in [6, 6.07) is 0. The number of amides is 1. The standard InChI is InChI=1S/C13H27N2O5P/c1-13(2,3)20-12(16)15-8-6-14(7-9-15)10-11-21(17,18-4)19-5/h6-11H2,1-5H3. The molecule has 0 aromatic rings. The Labute approximate surface area is 127 Å². The molecule has 0 aromatic carbocycles. The van der Waals surface area contributed by atoms with Crippen LogP contribution in [0.15, 0.2) is 0 Å². The largest absolute Gasteiger partial charge is 0.444 e. The molecule has 1 rings (SSSR count). The highest BCUT2D eigenvalue weighted by molar-refractivity contribution is 7.53. The van der Waals surface area contributed by atoms with Gasteiger partial charge in [-0.15, -0.1) is 0 Å². The molecule has 124 valence electrons. The van der Waals surface area contributed by atoms with Gasteiger partial charge in [-0.25, -0.2) is 4.79 Å². The summed E-state index contributed by atoms with van der Waals surface area (Å²) in [7, 11) is -0.170. The molecular formula is C13H27N2O5P. The Morgan fingerprint density at radius 2 is 1.62 bits per heavy atom. The van der Waals surface area contributed by atoms with Crippen molar-refractivity contribution in [1.29, 1.82) is 0 Å². The third-order valence-corrected chi connectivity index (χ3v) is 5.13. The molecule has 21 heavy (non-hydrogen) atoms. The van der Waals surface area contributed by atoms with Crippen molar-refractivity contribution in [2.45, 2.75) is 26.4 Å². The van der Waals surface area contributed by atoms with Gasteiger partial charge in [0.05, 0.1) is 6.16 Å². The van der Waals surface area contributed by atoms with Crippen molar-refractivity contribution in [3.63, 3.8) is 0 Å². The Kier molecular flexibility index (Phi) is 6.66. The third kappa shape index (κ3) is 6.34. The molecule has 1 aliphatic rings. The zero-order valence-corrected chi connectivity index (χ0v) is 14.5. The zero-order chi connectivity index (χ0) is 16.1. The van der Waals surface area contributed by atoms with Gasteiger partial charge in [0, 0.05) is 46.9 Å². The number of hydrogen-bond acceptors (Lipinski definition) is 6. The van der Waals surface area contributed by atoms with Crippen LogP contribution in [0.25, 0.3) is 0 Å². The van der Waals surface area contributed by atoms with E-state index in [-0.39, 0.29) is 6.09 Å². The molecule has 1 aliphatic heterocycles. The van der Waals surface area contributed by atoms with Crippen LogP contribution in [0, 0.1) is 0 Å². The number of hydrogen-bond donors (Lipinski definition) is 0. The molecule has 0 saturated carbocycles. The molecule has 1 amide bonds. The van der Waals surface area contributed by atoms with E-state index in [1.54, 1.807) is 4.90 Å². The van der Waals surface area contributed by atoms with Crippen LogP contribution in [0.2, 0.25) is 0 Å². The van der Waals surface area contributed by atoms with Crippen LogP contribution in [0.1, 0.15) is 20.8 Å². The lowest BCUT2D eigenvalue weighted by molar-refractivity contribution is 0.0148. The molecule has 1 fully saturated rings. The fraction of sp³-hybridized carbons (Fsp3) is 0.923. The van der Waals surface area contributed by atoms with Gasteiger partial charge >= 0.3 is 13.7 Å². The van der Waals surface area contributed by atoms with E-state index in [1.165, 1.54) is 14.2 Å². The van der Waals surface area contributed by atoms with E-state index in [9.17, 15) is 9.36 Å². The summed E-state index contributed by atoms with van der Waals surface area (Å²) in [4.78, 5) is 15.8. The second kappa shape index (κ2) is 7.58. The van der Waals surface area contributed by atoms with Gasteiger partial charge < -0.3 is 18.7 Å². The maximum Gasteiger partial charge on any atom is 0.410 e. The Morgan fingerprint density at radius 3 is 2.05 bits per heavy atom. The first-order valence-corrected chi connectivity index (χ1v) is 8.83. The quantitative estimate of drug-likeness (QED) is 0.722. The molecule has 0 aliphatic carbocycles. The van der Waals surface area contributed by atoms with Gasteiger partial charge in [-0.3, -0.25) is 9.46 Å². The fourth-order valence-corrected chi connectivity index (χ4v) is 3.04. The molecule has 1 heterocycles. The minimum atomic E-state index is -2.96. The van der Waals surface area contributed by atoms with Crippen LogP contribution in [0.3, 0.4) is 0 Å². The zero-order valence-electron chi connectivity index (χ0n) is 13.6. The van der Waals surface area contributed by atoms with Crippen LogP contribution < -0.4 is 0 Å². The van der Waals surface area contributed by atoms with Gasteiger partial charge in [-0.1, -0.05) is 0 Å². The Balaban J connectivity index is 2.36. The topological polar surface area (TPSA) is 68.3 Å². The van der Waals surface area contributed by atoms with E-state index < -0.39 is 13.2 Å². The van der Waals surface area contributed by atoms with Crippen molar-refractivity contribution in [2.75, 3.05) is 53.1 Å². The summed E-state index contributed by atoms with van der Waals surface area (Å²) in [6.45, 7) is 8.87. The molecule has 0 spiro atoms. The average molecular weight is 322 g/mol. The molecule has 0 aromatic heterocycles. The molecule has 0 N–H and O–H groups in total. The van der Waals surface area contributed by atoms with Gasteiger partial charge in [-0.05, 0) is 20.8 Å². The molecule has 1 saturated heterocycles. The van der Waals surface area contributed by atoms with E-state index in [0.29, 0.717) is 25.8 Å². The van der Waals surface area contributed by atoms with Crippen LogP contribution >= 0.6 is 7.60 Å².